The van der Waals surface area contributed by atoms with Crippen LogP contribution < -0.4 is 5.30 Å². The SMILES string of the molecule is CCC(CC)Pc1ccccc1. The first-order valence-electron chi connectivity index (χ1n) is 4.68. The molecule has 0 heterocycles. The van der Waals surface area contributed by atoms with Gasteiger partial charge < -0.3 is 0 Å². The molecule has 1 rings (SSSR count). The summed E-state index contributed by atoms with van der Waals surface area (Å²) in [4.78, 5) is 0. The van der Waals surface area contributed by atoms with Crippen molar-refractivity contribution in [2.24, 2.45) is 0 Å². The van der Waals surface area contributed by atoms with Gasteiger partial charge in [0.25, 0.3) is 0 Å². The molecule has 1 aromatic carbocycles. The average molecular weight is 180 g/mol. The lowest BCUT2D eigenvalue weighted by Gasteiger charge is -2.11. The highest BCUT2D eigenvalue weighted by Crippen LogP contribution is 2.23. The Morgan fingerprint density at radius 2 is 1.67 bits per heavy atom. The summed E-state index contributed by atoms with van der Waals surface area (Å²) in [6, 6.07) is 10.8. The van der Waals surface area contributed by atoms with Gasteiger partial charge in [0.15, 0.2) is 0 Å². The van der Waals surface area contributed by atoms with Gasteiger partial charge in [-0.05, 0) is 23.8 Å². The van der Waals surface area contributed by atoms with Gasteiger partial charge in [-0.3, -0.25) is 0 Å². The minimum absolute atomic E-state index is 0.896. The maximum Gasteiger partial charge on any atom is -0.0202 e. The highest BCUT2D eigenvalue weighted by Gasteiger charge is 2.02. The van der Waals surface area contributed by atoms with E-state index in [0.717, 1.165) is 14.2 Å². The topological polar surface area (TPSA) is 0 Å². The lowest BCUT2D eigenvalue weighted by atomic mass is 10.3. The second-order valence-electron chi connectivity index (χ2n) is 3.02. The van der Waals surface area contributed by atoms with E-state index in [2.05, 4.69) is 44.2 Å². The molecule has 0 nitrogen and oxygen atoms in total. The van der Waals surface area contributed by atoms with E-state index in [1.807, 2.05) is 0 Å². The zero-order valence-electron chi connectivity index (χ0n) is 7.88. The Balaban J connectivity index is 2.51. The quantitative estimate of drug-likeness (QED) is 0.624. The second-order valence-corrected chi connectivity index (χ2v) is 4.71. The van der Waals surface area contributed by atoms with Crippen molar-refractivity contribution in [1.82, 2.24) is 0 Å². The van der Waals surface area contributed by atoms with Crippen LogP contribution in [0, 0.1) is 0 Å². The Morgan fingerprint density at radius 3 is 2.17 bits per heavy atom. The predicted octanol–water partition coefficient (Wildman–Crippen LogP) is 3.18. The Morgan fingerprint density at radius 1 is 1.08 bits per heavy atom. The summed E-state index contributed by atoms with van der Waals surface area (Å²) in [5.41, 5.74) is 0.896. The van der Waals surface area contributed by atoms with E-state index in [4.69, 9.17) is 0 Å². The van der Waals surface area contributed by atoms with Crippen molar-refractivity contribution in [3.8, 4) is 0 Å². The van der Waals surface area contributed by atoms with Crippen LogP contribution in [0.25, 0.3) is 0 Å². The van der Waals surface area contributed by atoms with E-state index >= 15 is 0 Å². The third-order valence-corrected chi connectivity index (χ3v) is 4.02. The van der Waals surface area contributed by atoms with Crippen LogP contribution in [0.1, 0.15) is 26.7 Å². The van der Waals surface area contributed by atoms with Crippen LogP contribution in [0.5, 0.6) is 0 Å². The number of benzene rings is 1. The molecule has 0 bridgehead atoms. The van der Waals surface area contributed by atoms with Crippen LogP contribution in [-0.4, -0.2) is 5.66 Å². The molecule has 1 aromatic rings. The van der Waals surface area contributed by atoms with Crippen molar-refractivity contribution in [2.75, 3.05) is 0 Å². The highest BCUT2D eigenvalue weighted by atomic mass is 31.1. The van der Waals surface area contributed by atoms with Gasteiger partial charge >= 0.3 is 0 Å². The molecule has 0 aliphatic carbocycles. The molecule has 1 heteroatoms. The van der Waals surface area contributed by atoms with E-state index in [0.29, 0.717) is 0 Å². The lowest BCUT2D eigenvalue weighted by molar-refractivity contribution is 0.790. The molecule has 0 N–H and O–H groups in total. The predicted molar refractivity (Wildman–Crippen MR) is 58.8 cm³/mol. The van der Waals surface area contributed by atoms with E-state index < -0.39 is 0 Å². The highest BCUT2D eigenvalue weighted by molar-refractivity contribution is 7.48. The Kier molecular flexibility index (Phi) is 4.32. The summed E-state index contributed by atoms with van der Waals surface area (Å²) in [5, 5.41) is 1.51. The fraction of sp³-hybridized carbons (Fsp3) is 0.455. The van der Waals surface area contributed by atoms with Gasteiger partial charge in [-0.25, -0.2) is 0 Å². The van der Waals surface area contributed by atoms with Gasteiger partial charge in [0.1, 0.15) is 0 Å². The fourth-order valence-electron chi connectivity index (χ4n) is 1.26. The monoisotopic (exact) mass is 180 g/mol. The van der Waals surface area contributed by atoms with Gasteiger partial charge in [0.2, 0.25) is 0 Å². The first-order valence-corrected chi connectivity index (χ1v) is 5.76. The minimum Gasteiger partial charge on any atom is -0.0872 e. The number of rotatable bonds is 4. The molecular weight excluding hydrogens is 163 g/mol. The Bertz CT molecular complexity index is 202. The van der Waals surface area contributed by atoms with Crippen LogP contribution in [0.4, 0.5) is 0 Å². The molecular formula is C11H17P. The normalized spacial score (nSPS) is 11.6. The summed E-state index contributed by atoms with van der Waals surface area (Å²) in [6.07, 6.45) is 2.62. The molecule has 1 unspecified atom stereocenters. The van der Waals surface area contributed by atoms with Crippen LogP contribution >= 0.6 is 8.58 Å². The molecule has 0 saturated carbocycles. The van der Waals surface area contributed by atoms with Gasteiger partial charge in [0.05, 0.1) is 0 Å². The van der Waals surface area contributed by atoms with Crippen molar-refractivity contribution in [3.63, 3.8) is 0 Å². The summed E-state index contributed by atoms with van der Waals surface area (Å²) < 4.78 is 0. The maximum atomic E-state index is 2.28. The van der Waals surface area contributed by atoms with Crippen LogP contribution in [0.15, 0.2) is 30.3 Å². The van der Waals surface area contributed by atoms with Gasteiger partial charge in [-0.15, -0.1) is 0 Å². The van der Waals surface area contributed by atoms with Crippen LogP contribution in [-0.2, 0) is 0 Å². The Labute approximate surface area is 77.2 Å². The van der Waals surface area contributed by atoms with Crippen molar-refractivity contribution < 1.29 is 0 Å². The second kappa shape index (κ2) is 5.32. The van der Waals surface area contributed by atoms with Gasteiger partial charge in [0, 0.05) is 0 Å². The Hall–Kier alpha value is -0.350. The molecule has 0 aromatic heterocycles. The zero-order valence-corrected chi connectivity index (χ0v) is 8.88. The first-order chi connectivity index (χ1) is 5.86. The molecule has 0 radical (unpaired) electrons. The van der Waals surface area contributed by atoms with Crippen LogP contribution in [0.2, 0.25) is 0 Å². The molecule has 1 atom stereocenters. The van der Waals surface area contributed by atoms with E-state index in [9.17, 15) is 0 Å². The summed E-state index contributed by atoms with van der Waals surface area (Å²) >= 11 is 0. The standard InChI is InChI=1S/C11H17P/c1-3-10(4-2)12-11-8-6-5-7-9-11/h5-10,12H,3-4H2,1-2H3. The summed E-state index contributed by atoms with van der Waals surface area (Å²) in [6.45, 7) is 4.56. The molecule has 0 fully saturated rings. The van der Waals surface area contributed by atoms with E-state index in [1.165, 1.54) is 18.1 Å². The maximum absolute atomic E-state index is 2.28. The van der Waals surface area contributed by atoms with Crippen molar-refractivity contribution in [3.05, 3.63) is 30.3 Å². The van der Waals surface area contributed by atoms with Crippen molar-refractivity contribution in [2.45, 2.75) is 32.3 Å². The summed E-state index contributed by atoms with van der Waals surface area (Å²) in [7, 11) is 0.996. The number of hydrogen-bond acceptors (Lipinski definition) is 0. The molecule has 0 spiro atoms. The van der Waals surface area contributed by atoms with Crippen LogP contribution in [0.3, 0.4) is 0 Å². The molecule has 0 aliphatic rings. The first kappa shape index (κ1) is 9.74. The smallest absolute Gasteiger partial charge is 0.0202 e. The lowest BCUT2D eigenvalue weighted by Crippen LogP contribution is -2.03. The largest absolute Gasteiger partial charge is 0.0872 e. The molecule has 0 amide bonds. The third-order valence-electron chi connectivity index (χ3n) is 2.13. The van der Waals surface area contributed by atoms with Crippen molar-refractivity contribution >= 4 is 13.9 Å². The van der Waals surface area contributed by atoms with E-state index in [-0.39, 0.29) is 0 Å². The molecule has 12 heavy (non-hydrogen) atoms. The average Bonchev–Trinajstić information content (AvgIpc) is 2.16. The van der Waals surface area contributed by atoms with E-state index in [1.54, 1.807) is 0 Å². The third kappa shape index (κ3) is 2.95. The fourth-order valence-corrected chi connectivity index (χ4v) is 2.53. The van der Waals surface area contributed by atoms with Gasteiger partial charge in [-0.2, -0.15) is 0 Å². The summed E-state index contributed by atoms with van der Waals surface area (Å²) in [5.74, 6) is 0. The number of hydrogen-bond donors (Lipinski definition) is 0. The molecule has 0 saturated heterocycles. The van der Waals surface area contributed by atoms with Crippen molar-refractivity contribution in [1.29, 1.82) is 0 Å². The molecule has 0 aliphatic heterocycles. The van der Waals surface area contributed by atoms with Gasteiger partial charge in [-0.1, -0.05) is 52.8 Å². The zero-order chi connectivity index (χ0) is 8.81. The molecule has 66 valence electrons. The minimum atomic E-state index is 0.896.